The molecule has 7 rings (SSSR count). The van der Waals surface area contributed by atoms with Gasteiger partial charge in [0.15, 0.2) is 0 Å². The van der Waals surface area contributed by atoms with Crippen LogP contribution in [-0.2, 0) is 5.41 Å². The average Bonchev–Trinajstić information content (AvgIpc) is 3.10. The molecule has 4 fully saturated rings. The zero-order valence-electron chi connectivity index (χ0n) is 20.0. The van der Waals surface area contributed by atoms with Crippen molar-refractivity contribution in [2.45, 2.75) is 57.8 Å². The molecule has 1 aromatic heterocycles. The zero-order valence-corrected chi connectivity index (χ0v) is 20.0. The molecule has 0 aliphatic heterocycles. The first-order valence-electron chi connectivity index (χ1n) is 12.6. The summed E-state index contributed by atoms with van der Waals surface area (Å²) in [4.78, 5) is 16.0. The van der Waals surface area contributed by atoms with Gasteiger partial charge in [-0.3, -0.25) is 4.99 Å². The van der Waals surface area contributed by atoms with Gasteiger partial charge in [0.25, 0.3) is 0 Å². The molecule has 4 heteroatoms. The van der Waals surface area contributed by atoms with E-state index in [4.69, 9.17) is 10.1 Å². The largest absolute Gasteiger partial charge is 0.478 e. The normalized spacial score (nSPS) is 27.5. The summed E-state index contributed by atoms with van der Waals surface area (Å²) in [6.07, 6.45) is 10.5. The molecule has 0 saturated heterocycles. The first-order chi connectivity index (χ1) is 16.4. The number of hydrogen-bond acceptors (Lipinski definition) is 2. The molecule has 4 nitrogen and oxygen atoms in total. The maximum absolute atomic E-state index is 11.2. The van der Waals surface area contributed by atoms with Gasteiger partial charge in [0.2, 0.25) is 0 Å². The Kier molecular flexibility index (Phi) is 5.02. The van der Waals surface area contributed by atoms with Gasteiger partial charge in [0.05, 0.1) is 11.3 Å². The molecule has 174 valence electrons. The molecule has 0 atom stereocenters. The molecule has 0 unspecified atom stereocenters. The van der Waals surface area contributed by atoms with Gasteiger partial charge < -0.3 is 9.67 Å². The highest BCUT2D eigenvalue weighted by molar-refractivity contribution is 5.88. The minimum atomic E-state index is -0.908. The number of carboxylic acid groups (broad SMARTS) is 1. The van der Waals surface area contributed by atoms with Crippen LogP contribution >= 0.6 is 0 Å². The van der Waals surface area contributed by atoms with E-state index in [-0.39, 0.29) is 0 Å². The molecule has 4 bridgehead atoms. The van der Waals surface area contributed by atoms with Crippen LogP contribution in [0.5, 0.6) is 0 Å². The minimum absolute atomic E-state index is 0.296. The summed E-state index contributed by atoms with van der Waals surface area (Å²) in [6, 6.07) is 18.2. The fourth-order valence-corrected chi connectivity index (χ4v) is 7.58. The lowest BCUT2D eigenvalue weighted by molar-refractivity contribution is -0.00518. The van der Waals surface area contributed by atoms with Gasteiger partial charge in [-0.05, 0) is 124 Å². The molecule has 0 radical (unpaired) electrons. The lowest BCUT2D eigenvalue weighted by Crippen LogP contribution is -2.48. The summed E-state index contributed by atoms with van der Waals surface area (Å²) in [5, 5.41) is 9.16. The van der Waals surface area contributed by atoms with Crippen LogP contribution in [0.15, 0.2) is 59.6 Å². The number of hydrogen-bond donors (Lipinski definition) is 1. The molecular formula is C30H32N2O2. The van der Waals surface area contributed by atoms with Gasteiger partial charge in [0, 0.05) is 28.9 Å². The van der Waals surface area contributed by atoms with Gasteiger partial charge in [-0.2, -0.15) is 0 Å². The van der Waals surface area contributed by atoms with Crippen molar-refractivity contribution in [1.29, 1.82) is 0 Å². The Balaban J connectivity index is 1.22. The van der Waals surface area contributed by atoms with Crippen molar-refractivity contribution in [3.63, 3.8) is 0 Å². The number of aromatic carboxylic acids is 1. The molecule has 3 aromatic rings. The van der Waals surface area contributed by atoms with E-state index >= 15 is 0 Å². The van der Waals surface area contributed by atoms with Crippen LogP contribution < -0.4 is 0 Å². The van der Waals surface area contributed by atoms with Crippen LogP contribution in [0.25, 0.3) is 5.69 Å². The third-order valence-electron chi connectivity index (χ3n) is 8.71. The van der Waals surface area contributed by atoms with E-state index in [1.165, 1.54) is 44.1 Å². The third kappa shape index (κ3) is 3.60. The summed E-state index contributed by atoms with van der Waals surface area (Å²) < 4.78 is 2.14. The van der Waals surface area contributed by atoms with Crippen LogP contribution in [0.1, 0.15) is 71.4 Å². The summed E-state index contributed by atoms with van der Waals surface area (Å²) in [5.74, 6) is 1.97. The first kappa shape index (κ1) is 21.4. The monoisotopic (exact) mass is 452 g/mol. The number of benzene rings is 2. The van der Waals surface area contributed by atoms with E-state index in [0.29, 0.717) is 11.0 Å². The Morgan fingerprint density at radius 3 is 2.09 bits per heavy atom. The maximum Gasteiger partial charge on any atom is 0.335 e. The number of nitrogens with zero attached hydrogens (tertiary/aromatic N) is 2. The molecule has 1 heterocycles. The molecule has 0 amide bonds. The second-order valence-electron chi connectivity index (χ2n) is 11.0. The van der Waals surface area contributed by atoms with E-state index in [1.54, 1.807) is 12.1 Å². The topological polar surface area (TPSA) is 54.6 Å². The summed E-state index contributed by atoms with van der Waals surface area (Å²) in [5.41, 5.74) is 7.47. The first-order valence-corrected chi connectivity index (χ1v) is 12.6. The van der Waals surface area contributed by atoms with Crippen molar-refractivity contribution in [2.75, 3.05) is 0 Å². The SMILES string of the molecule is Cc1cc(C=Nc2ccc(C34CC5CC(CC(C5)C3)C4)cc2)c(C)n1-c1ccc(C(=O)O)cc1. The highest BCUT2D eigenvalue weighted by Crippen LogP contribution is 2.60. The Morgan fingerprint density at radius 1 is 0.941 bits per heavy atom. The molecular weight excluding hydrogens is 420 g/mol. The molecule has 2 aromatic carbocycles. The van der Waals surface area contributed by atoms with Crippen LogP contribution in [-0.4, -0.2) is 21.9 Å². The lowest BCUT2D eigenvalue weighted by Gasteiger charge is -2.57. The molecule has 1 N–H and O–H groups in total. The zero-order chi connectivity index (χ0) is 23.4. The third-order valence-corrected chi connectivity index (χ3v) is 8.71. The van der Waals surface area contributed by atoms with Crippen molar-refractivity contribution in [2.24, 2.45) is 22.7 Å². The summed E-state index contributed by atoms with van der Waals surface area (Å²) in [6.45, 7) is 4.14. The number of carbonyl (C=O) groups is 1. The van der Waals surface area contributed by atoms with Crippen LogP contribution in [0, 0.1) is 31.6 Å². The lowest BCUT2D eigenvalue weighted by atomic mass is 9.48. The van der Waals surface area contributed by atoms with E-state index in [1.807, 2.05) is 18.3 Å². The Labute approximate surface area is 201 Å². The number of aromatic nitrogens is 1. The van der Waals surface area contributed by atoms with Crippen molar-refractivity contribution in [1.82, 2.24) is 4.57 Å². The second-order valence-corrected chi connectivity index (χ2v) is 11.0. The van der Waals surface area contributed by atoms with Crippen LogP contribution in [0.2, 0.25) is 0 Å². The molecule has 0 spiro atoms. The van der Waals surface area contributed by atoms with Gasteiger partial charge >= 0.3 is 5.97 Å². The molecule has 34 heavy (non-hydrogen) atoms. The predicted molar refractivity (Wildman–Crippen MR) is 136 cm³/mol. The molecule has 4 saturated carbocycles. The predicted octanol–water partition coefficient (Wildman–Crippen LogP) is 7.01. The summed E-state index contributed by atoms with van der Waals surface area (Å²) in [7, 11) is 0. The molecule has 4 aliphatic carbocycles. The standard InChI is InChI=1S/C30H32N2O2/c1-19-11-25(20(2)32(19)28-9-3-24(4-10-28)29(33)34)18-31-27-7-5-26(6-8-27)30-15-21-12-22(16-30)14-23(13-21)17-30/h3-11,18,21-23H,12-17H2,1-2H3,(H,33,34). The fraction of sp³-hybridized carbons (Fsp3) is 0.400. The highest BCUT2D eigenvalue weighted by Gasteiger charge is 2.51. The van der Waals surface area contributed by atoms with Gasteiger partial charge in [-0.1, -0.05) is 12.1 Å². The Morgan fingerprint density at radius 2 is 1.53 bits per heavy atom. The summed E-state index contributed by atoms with van der Waals surface area (Å²) >= 11 is 0. The van der Waals surface area contributed by atoms with Crippen molar-refractivity contribution >= 4 is 17.9 Å². The van der Waals surface area contributed by atoms with E-state index in [2.05, 4.69) is 48.7 Å². The van der Waals surface area contributed by atoms with Crippen LogP contribution in [0.3, 0.4) is 0 Å². The van der Waals surface area contributed by atoms with E-state index in [0.717, 1.165) is 46.1 Å². The highest BCUT2D eigenvalue weighted by atomic mass is 16.4. The fourth-order valence-electron chi connectivity index (χ4n) is 7.58. The van der Waals surface area contributed by atoms with Crippen molar-refractivity contribution in [3.05, 3.63) is 82.7 Å². The van der Waals surface area contributed by atoms with Crippen molar-refractivity contribution in [3.8, 4) is 5.69 Å². The second kappa shape index (κ2) is 7.97. The minimum Gasteiger partial charge on any atom is -0.478 e. The van der Waals surface area contributed by atoms with Crippen molar-refractivity contribution < 1.29 is 9.90 Å². The maximum atomic E-state index is 11.2. The van der Waals surface area contributed by atoms with Crippen LogP contribution in [0.4, 0.5) is 5.69 Å². The Hall–Kier alpha value is -3.14. The van der Waals surface area contributed by atoms with Gasteiger partial charge in [-0.25, -0.2) is 4.79 Å². The number of aryl methyl sites for hydroxylation is 1. The number of rotatable bonds is 5. The Bertz CT molecular complexity index is 1230. The number of aliphatic imine (C=N–C) groups is 1. The van der Waals surface area contributed by atoms with E-state index < -0.39 is 5.97 Å². The molecule has 4 aliphatic rings. The van der Waals surface area contributed by atoms with Gasteiger partial charge in [0.1, 0.15) is 0 Å². The average molecular weight is 453 g/mol. The quantitative estimate of drug-likeness (QED) is 0.423. The number of carboxylic acids is 1. The smallest absolute Gasteiger partial charge is 0.335 e. The van der Waals surface area contributed by atoms with E-state index in [9.17, 15) is 4.79 Å². The van der Waals surface area contributed by atoms with Gasteiger partial charge in [-0.15, -0.1) is 0 Å².